The second-order valence-corrected chi connectivity index (χ2v) is 8.13. The number of amides is 1. The van der Waals surface area contributed by atoms with Crippen LogP contribution in [0.1, 0.15) is 28.7 Å². The molecule has 4 aromatic rings. The third kappa shape index (κ3) is 4.28. The maximum Gasteiger partial charge on any atom is 0.293 e. The van der Waals surface area contributed by atoms with Crippen molar-refractivity contribution in [2.24, 2.45) is 5.10 Å². The Balaban J connectivity index is 1.39. The van der Waals surface area contributed by atoms with Crippen LogP contribution in [0.2, 0.25) is 0 Å². The summed E-state index contributed by atoms with van der Waals surface area (Å²) in [6.07, 6.45) is 0. The number of anilines is 1. The number of hydrogen-bond donors (Lipinski definition) is 2. The predicted octanol–water partition coefficient (Wildman–Crippen LogP) is 2.41. The molecule has 0 fully saturated rings. The van der Waals surface area contributed by atoms with Gasteiger partial charge >= 0.3 is 0 Å². The van der Waals surface area contributed by atoms with Crippen LogP contribution in [0.5, 0.6) is 11.5 Å². The number of nitrogen functional groups attached to an aromatic ring is 1. The van der Waals surface area contributed by atoms with E-state index in [-0.39, 0.29) is 24.1 Å². The molecule has 12 nitrogen and oxygen atoms in total. The largest absolute Gasteiger partial charge is 0.454 e. The van der Waals surface area contributed by atoms with E-state index in [1.54, 1.807) is 19.1 Å². The average Bonchev–Trinajstić information content (AvgIpc) is 3.60. The molecule has 0 unspecified atom stereocenters. The second kappa shape index (κ2) is 9.23. The van der Waals surface area contributed by atoms with E-state index >= 15 is 0 Å². The number of carbonyl (C=O) groups is 1. The molecule has 0 atom stereocenters. The lowest BCUT2D eigenvalue weighted by molar-refractivity contribution is 0.0949. The molecule has 3 heterocycles. The van der Waals surface area contributed by atoms with Crippen molar-refractivity contribution in [3.8, 4) is 17.3 Å². The van der Waals surface area contributed by atoms with E-state index in [1.807, 2.05) is 36.4 Å². The number of nitrogens with two attached hydrogens (primary N) is 1. The fourth-order valence-corrected chi connectivity index (χ4v) is 4.07. The van der Waals surface area contributed by atoms with Crippen molar-refractivity contribution < 1.29 is 18.9 Å². The van der Waals surface area contributed by atoms with Gasteiger partial charge < -0.3 is 15.2 Å². The van der Waals surface area contributed by atoms with Crippen LogP contribution in [0.25, 0.3) is 5.82 Å². The van der Waals surface area contributed by atoms with E-state index in [0.717, 1.165) is 10.5 Å². The van der Waals surface area contributed by atoms with Crippen molar-refractivity contribution in [3.05, 3.63) is 65.5 Å². The van der Waals surface area contributed by atoms with Gasteiger partial charge in [-0.25, -0.2) is 10.1 Å². The Morgan fingerprint density at radius 3 is 2.79 bits per heavy atom. The Morgan fingerprint density at radius 2 is 2.00 bits per heavy atom. The van der Waals surface area contributed by atoms with Gasteiger partial charge in [0.15, 0.2) is 17.2 Å². The quantitative estimate of drug-likeness (QED) is 0.230. The molecule has 0 saturated heterocycles. The molecule has 1 amide bonds. The number of thioether (sulfide) groups is 1. The van der Waals surface area contributed by atoms with Gasteiger partial charge in [0.25, 0.3) is 5.91 Å². The number of aromatic nitrogens is 5. The molecule has 0 spiro atoms. The summed E-state index contributed by atoms with van der Waals surface area (Å²) in [6, 6.07) is 15.1. The summed E-state index contributed by atoms with van der Waals surface area (Å²) in [7, 11) is 0. The van der Waals surface area contributed by atoms with Gasteiger partial charge in [0.2, 0.25) is 18.4 Å². The highest BCUT2D eigenvalue weighted by molar-refractivity contribution is 7.98. The lowest BCUT2D eigenvalue weighted by Gasteiger charge is -2.06. The van der Waals surface area contributed by atoms with Gasteiger partial charge in [-0.15, -0.1) is 16.9 Å². The Kier molecular flexibility index (Phi) is 5.82. The molecule has 0 aliphatic carbocycles. The average molecular weight is 478 g/mol. The molecule has 1 aliphatic rings. The minimum atomic E-state index is -0.537. The summed E-state index contributed by atoms with van der Waals surface area (Å²) in [5, 5.41) is 19.7. The molecule has 5 rings (SSSR count). The number of rotatable bonds is 7. The Labute approximate surface area is 197 Å². The molecule has 0 bridgehead atoms. The van der Waals surface area contributed by atoms with Gasteiger partial charge in [-0.2, -0.15) is 9.78 Å². The number of ether oxygens (including phenoxy) is 2. The molecule has 2 aromatic carbocycles. The zero-order chi connectivity index (χ0) is 23.5. The first-order chi connectivity index (χ1) is 16.6. The first-order valence-electron chi connectivity index (χ1n) is 10.1. The van der Waals surface area contributed by atoms with Gasteiger partial charge in [0.1, 0.15) is 0 Å². The van der Waals surface area contributed by atoms with Gasteiger partial charge in [-0.05, 0) is 47.6 Å². The highest BCUT2D eigenvalue weighted by Gasteiger charge is 2.24. The highest BCUT2D eigenvalue weighted by Crippen LogP contribution is 2.32. The van der Waals surface area contributed by atoms with Crippen molar-refractivity contribution in [3.63, 3.8) is 0 Å². The van der Waals surface area contributed by atoms with Crippen molar-refractivity contribution in [1.29, 1.82) is 0 Å². The summed E-state index contributed by atoms with van der Waals surface area (Å²) in [5.74, 6) is 1.29. The minimum Gasteiger partial charge on any atom is -0.454 e. The van der Waals surface area contributed by atoms with Gasteiger partial charge in [0.05, 0.1) is 11.4 Å². The third-order valence-electron chi connectivity index (χ3n) is 4.91. The first kappa shape index (κ1) is 21.5. The first-order valence-corrected chi connectivity index (χ1v) is 11.0. The van der Waals surface area contributed by atoms with Crippen molar-refractivity contribution in [1.82, 2.24) is 30.7 Å². The molecular weight excluding hydrogens is 460 g/mol. The van der Waals surface area contributed by atoms with Crippen molar-refractivity contribution in [2.75, 3.05) is 12.5 Å². The second-order valence-electron chi connectivity index (χ2n) is 7.08. The van der Waals surface area contributed by atoms with Crippen molar-refractivity contribution in [2.45, 2.75) is 17.6 Å². The van der Waals surface area contributed by atoms with Gasteiger partial charge in [-0.1, -0.05) is 23.4 Å². The van der Waals surface area contributed by atoms with Crippen molar-refractivity contribution >= 4 is 29.2 Å². The number of benzene rings is 2. The van der Waals surface area contributed by atoms with Crippen LogP contribution in [-0.2, 0) is 5.75 Å². The van der Waals surface area contributed by atoms with Crippen LogP contribution in [-0.4, -0.2) is 43.7 Å². The van der Waals surface area contributed by atoms with Gasteiger partial charge in [0, 0.05) is 16.2 Å². The molecule has 34 heavy (non-hydrogen) atoms. The molecule has 1 aliphatic heterocycles. The molecule has 172 valence electrons. The maximum atomic E-state index is 13.0. The Morgan fingerprint density at radius 1 is 1.18 bits per heavy atom. The molecule has 2 aromatic heterocycles. The summed E-state index contributed by atoms with van der Waals surface area (Å²) in [5.41, 5.74) is 10.3. The molecular formula is C21H18N8O4S. The zero-order valence-electron chi connectivity index (χ0n) is 17.8. The smallest absolute Gasteiger partial charge is 0.293 e. The molecule has 0 radical (unpaired) electrons. The predicted molar refractivity (Wildman–Crippen MR) is 122 cm³/mol. The SMILES string of the molecule is C/C(=N/NC(=O)c1nnn(-c2nonc2N)c1CSc1ccccc1)c1ccc2c(c1)OCO2. The van der Waals surface area contributed by atoms with Crippen LogP contribution in [0.15, 0.2) is 63.2 Å². The van der Waals surface area contributed by atoms with Crippen LogP contribution in [0.4, 0.5) is 5.82 Å². The minimum absolute atomic E-state index is 0.0273. The molecule has 0 saturated carbocycles. The fourth-order valence-electron chi connectivity index (χ4n) is 3.16. The van der Waals surface area contributed by atoms with Crippen LogP contribution >= 0.6 is 11.8 Å². The number of hydrazone groups is 1. The number of hydrogen-bond acceptors (Lipinski definition) is 11. The maximum absolute atomic E-state index is 13.0. The fraction of sp³-hybridized carbons (Fsp3) is 0.143. The lowest BCUT2D eigenvalue weighted by atomic mass is 10.1. The molecule has 3 N–H and O–H groups in total. The number of nitrogens with one attached hydrogen (secondary N) is 1. The van der Waals surface area contributed by atoms with E-state index in [0.29, 0.717) is 28.7 Å². The van der Waals surface area contributed by atoms with Crippen LogP contribution in [0.3, 0.4) is 0 Å². The topological polar surface area (TPSA) is 156 Å². The molecule has 13 heteroatoms. The van der Waals surface area contributed by atoms with E-state index in [4.69, 9.17) is 15.2 Å². The normalized spacial score (nSPS) is 12.7. The standard InChI is InChI=1S/C21H18N8O4S/c1-12(13-7-8-16-17(9-13)32-11-31-16)23-25-21(30)18-15(10-34-14-5-3-2-4-6-14)29(28-24-18)20-19(22)26-33-27-20/h2-9H,10-11H2,1H3,(H2,22,26)(H,25,30)/b23-12-. The van der Waals surface area contributed by atoms with E-state index in [1.165, 1.54) is 16.4 Å². The number of carbonyl (C=O) groups excluding carboxylic acids is 1. The summed E-state index contributed by atoms with van der Waals surface area (Å²) >= 11 is 1.50. The third-order valence-corrected chi connectivity index (χ3v) is 5.93. The number of fused-ring (bicyclic) bond motifs is 1. The van der Waals surface area contributed by atoms with Crippen LogP contribution < -0.4 is 20.6 Å². The van der Waals surface area contributed by atoms with E-state index in [2.05, 4.69) is 35.8 Å². The van der Waals surface area contributed by atoms with Gasteiger partial charge in [-0.3, -0.25) is 4.79 Å². The zero-order valence-corrected chi connectivity index (χ0v) is 18.7. The summed E-state index contributed by atoms with van der Waals surface area (Å²) < 4.78 is 16.7. The lowest BCUT2D eigenvalue weighted by Crippen LogP contribution is -2.21. The summed E-state index contributed by atoms with van der Waals surface area (Å²) in [6.45, 7) is 1.94. The Hall–Kier alpha value is -4.39. The highest BCUT2D eigenvalue weighted by atomic mass is 32.2. The van der Waals surface area contributed by atoms with Crippen LogP contribution in [0, 0.1) is 0 Å². The van der Waals surface area contributed by atoms with E-state index < -0.39 is 5.91 Å². The van der Waals surface area contributed by atoms with E-state index in [9.17, 15) is 4.79 Å². The monoisotopic (exact) mass is 478 g/mol. The summed E-state index contributed by atoms with van der Waals surface area (Å²) in [4.78, 5) is 14.0. The Bertz CT molecular complexity index is 1370. The number of nitrogens with zero attached hydrogens (tertiary/aromatic N) is 6.